The summed E-state index contributed by atoms with van der Waals surface area (Å²) in [6.07, 6.45) is 5.39. The Morgan fingerprint density at radius 3 is 2.82 bits per heavy atom. The lowest BCUT2D eigenvalue weighted by Gasteiger charge is -2.27. The van der Waals surface area contributed by atoms with E-state index in [4.69, 9.17) is 4.52 Å². The Kier molecular flexibility index (Phi) is 6.11. The topological polar surface area (TPSA) is 97.4 Å². The van der Waals surface area contributed by atoms with Crippen LogP contribution in [0.4, 0.5) is 0 Å². The van der Waals surface area contributed by atoms with E-state index in [1.807, 2.05) is 4.90 Å². The minimum absolute atomic E-state index is 0.0104. The van der Waals surface area contributed by atoms with Crippen LogP contribution in [0.3, 0.4) is 0 Å². The van der Waals surface area contributed by atoms with E-state index in [1.165, 1.54) is 0 Å². The zero-order chi connectivity index (χ0) is 20.3. The molecule has 0 spiro atoms. The molecule has 2 aromatic heterocycles. The van der Waals surface area contributed by atoms with Crippen LogP contribution in [0.5, 0.6) is 0 Å². The van der Waals surface area contributed by atoms with Crippen LogP contribution in [0.25, 0.3) is 0 Å². The van der Waals surface area contributed by atoms with Crippen molar-refractivity contribution >= 4 is 11.8 Å². The lowest BCUT2D eigenvalue weighted by molar-refractivity contribution is -0.130. The Balaban J connectivity index is 1.58. The average Bonchev–Trinajstić information content (AvgIpc) is 3.35. The first-order chi connectivity index (χ1) is 13.3. The normalized spacial score (nSPS) is 16.8. The SMILES string of the molecule is CC(=O)N(CCc1noc(CC(C)C)n1)C1CCN(C(=O)c2nccn2C)C1. The highest BCUT2D eigenvalue weighted by molar-refractivity contribution is 5.91. The first-order valence-electron chi connectivity index (χ1n) is 9.70. The van der Waals surface area contributed by atoms with Crippen molar-refractivity contribution in [2.45, 2.75) is 46.1 Å². The molecule has 0 aromatic carbocycles. The molecule has 1 aliphatic heterocycles. The molecule has 3 heterocycles. The van der Waals surface area contributed by atoms with Crippen LogP contribution in [0, 0.1) is 5.92 Å². The molecule has 9 nitrogen and oxygen atoms in total. The largest absolute Gasteiger partial charge is 0.339 e. The van der Waals surface area contributed by atoms with Crippen LogP contribution in [0.2, 0.25) is 0 Å². The van der Waals surface area contributed by atoms with Gasteiger partial charge in [0.25, 0.3) is 5.91 Å². The Labute approximate surface area is 164 Å². The highest BCUT2D eigenvalue weighted by Crippen LogP contribution is 2.18. The van der Waals surface area contributed by atoms with Gasteiger partial charge in [-0.05, 0) is 12.3 Å². The van der Waals surface area contributed by atoms with E-state index in [1.54, 1.807) is 35.8 Å². The summed E-state index contributed by atoms with van der Waals surface area (Å²) < 4.78 is 6.98. The van der Waals surface area contributed by atoms with Crippen LogP contribution in [0.1, 0.15) is 49.5 Å². The maximum atomic E-state index is 12.6. The van der Waals surface area contributed by atoms with Crippen molar-refractivity contribution in [3.05, 3.63) is 29.9 Å². The van der Waals surface area contributed by atoms with E-state index < -0.39 is 0 Å². The predicted octanol–water partition coefficient (Wildman–Crippen LogP) is 1.31. The van der Waals surface area contributed by atoms with Crippen molar-refractivity contribution in [2.75, 3.05) is 19.6 Å². The van der Waals surface area contributed by atoms with Gasteiger partial charge < -0.3 is 18.9 Å². The fourth-order valence-electron chi connectivity index (χ4n) is 3.54. The number of carbonyl (C=O) groups is 2. The summed E-state index contributed by atoms with van der Waals surface area (Å²) in [5.74, 6) is 1.99. The minimum Gasteiger partial charge on any atom is -0.339 e. The van der Waals surface area contributed by atoms with Gasteiger partial charge in [-0.25, -0.2) is 4.98 Å². The molecular weight excluding hydrogens is 360 g/mol. The molecule has 1 fully saturated rings. The molecule has 1 atom stereocenters. The lowest BCUT2D eigenvalue weighted by atomic mass is 10.1. The highest BCUT2D eigenvalue weighted by atomic mass is 16.5. The molecule has 152 valence electrons. The Bertz CT molecular complexity index is 827. The van der Waals surface area contributed by atoms with Gasteiger partial charge in [-0.15, -0.1) is 0 Å². The van der Waals surface area contributed by atoms with Crippen LogP contribution < -0.4 is 0 Å². The number of aryl methyl sites for hydroxylation is 1. The zero-order valence-corrected chi connectivity index (χ0v) is 17.0. The number of rotatable bonds is 7. The van der Waals surface area contributed by atoms with Crippen molar-refractivity contribution in [1.29, 1.82) is 0 Å². The molecule has 0 bridgehead atoms. The quantitative estimate of drug-likeness (QED) is 0.709. The number of imidazole rings is 1. The Morgan fingerprint density at radius 2 is 2.18 bits per heavy atom. The third-order valence-electron chi connectivity index (χ3n) is 4.98. The number of likely N-dealkylation sites (tertiary alicyclic amines) is 1. The van der Waals surface area contributed by atoms with Crippen LogP contribution in [-0.4, -0.2) is 67.0 Å². The molecule has 0 N–H and O–H groups in total. The number of amides is 2. The van der Waals surface area contributed by atoms with Gasteiger partial charge in [-0.3, -0.25) is 9.59 Å². The number of hydrogen-bond acceptors (Lipinski definition) is 6. The van der Waals surface area contributed by atoms with Gasteiger partial charge in [0.1, 0.15) is 0 Å². The van der Waals surface area contributed by atoms with Gasteiger partial charge in [0, 0.05) is 58.8 Å². The molecule has 1 unspecified atom stereocenters. The monoisotopic (exact) mass is 388 g/mol. The maximum absolute atomic E-state index is 12.6. The van der Waals surface area contributed by atoms with Gasteiger partial charge in [-0.2, -0.15) is 4.98 Å². The van der Waals surface area contributed by atoms with Gasteiger partial charge in [0.2, 0.25) is 11.8 Å². The number of aromatic nitrogens is 4. The van der Waals surface area contributed by atoms with Crippen molar-refractivity contribution < 1.29 is 14.1 Å². The summed E-state index contributed by atoms with van der Waals surface area (Å²) in [5.41, 5.74) is 0. The summed E-state index contributed by atoms with van der Waals surface area (Å²) in [6, 6.07) is -0.0104. The smallest absolute Gasteiger partial charge is 0.289 e. The maximum Gasteiger partial charge on any atom is 0.289 e. The summed E-state index contributed by atoms with van der Waals surface area (Å²) in [6.45, 7) is 7.38. The van der Waals surface area contributed by atoms with Crippen molar-refractivity contribution in [1.82, 2.24) is 29.5 Å². The van der Waals surface area contributed by atoms with Gasteiger partial charge in [0.15, 0.2) is 11.6 Å². The van der Waals surface area contributed by atoms with Gasteiger partial charge in [0.05, 0.1) is 6.04 Å². The fourth-order valence-corrected chi connectivity index (χ4v) is 3.54. The molecule has 0 aliphatic carbocycles. The first kappa shape index (κ1) is 20.0. The Morgan fingerprint density at radius 1 is 1.39 bits per heavy atom. The van der Waals surface area contributed by atoms with Gasteiger partial charge >= 0.3 is 0 Å². The van der Waals surface area contributed by atoms with E-state index in [9.17, 15) is 9.59 Å². The summed E-state index contributed by atoms with van der Waals surface area (Å²) >= 11 is 0. The first-order valence-corrected chi connectivity index (χ1v) is 9.70. The summed E-state index contributed by atoms with van der Waals surface area (Å²) in [4.78, 5) is 37.0. The molecule has 2 amide bonds. The van der Waals surface area contributed by atoms with Crippen LogP contribution >= 0.6 is 0 Å². The van der Waals surface area contributed by atoms with E-state index in [-0.39, 0.29) is 17.9 Å². The third kappa shape index (κ3) is 4.58. The molecule has 28 heavy (non-hydrogen) atoms. The van der Waals surface area contributed by atoms with E-state index in [0.717, 1.165) is 12.8 Å². The van der Waals surface area contributed by atoms with E-state index in [2.05, 4.69) is 29.0 Å². The number of nitrogens with zero attached hydrogens (tertiary/aromatic N) is 6. The average molecular weight is 388 g/mol. The van der Waals surface area contributed by atoms with Crippen LogP contribution in [0.15, 0.2) is 16.9 Å². The van der Waals surface area contributed by atoms with E-state index >= 15 is 0 Å². The molecule has 0 radical (unpaired) electrons. The minimum atomic E-state index is -0.102. The highest BCUT2D eigenvalue weighted by Gasteiger charge is 2.33. The second kappa shape index (κ2) is 8.53. The number of carbonyl (C=O) groups excluding carboxylic acids is 2. The Hall–Kier alpha value is -2.71. The second-order valence-electron chi connectivity index (χ2n) is 7.72. The molecule has 0 saturated carbocycles. The standard InChI is InChI=1S/C19H28N6O3/c1-13(2)11-17-21-16(22-28-17)6-9-25(14(3)26)15-5-8-24(12-15)19(27)18-20-7-10-23(18)4/h7,10,13,15H,5-6,8-9,11-12H2,1-4H3. The molecule has 1 aliphatic rings. The summed E-state index contributed by atoms with van der Waals surface area (Å²) in [5, 5.41) is 4.01. The molecule has 1 saturated heterocycles. The molecule has 9 heteroatoms. The van der Waals surface area contributed by atoms with Crippen LogP contribution in [-0.2, 0) is 24.7 Å². The van der Waals surface area contributed by atoms with Gasteiger partial charge in [-0.1, -0.05) is 19.0 Å². The molecular formula is C19H28N6O3. The predicted molar refractivity (Wildman–Crippen MR) is 101 cm³/mol. The van der Waals surface area contributed by atoms with Crippen molar-refractivity contribution in [3.63, 3.8) is 0 Å². The molecule has 2 aromatic rings. The van der Waals surface area contributed by atoms with Crippen molar-refractivity contribution in [2.24, 2.45) is 13.0 Å². The number of hydrogen-bond donors (Lipinski definition) is 0. The van der Waals surface area contributed by atoms with Crippen molar-refractivity contribution in [3.8, 4) is 0 Å². The third-order valence-corrected chi connectivity index (χ3v) is 4.98. The van der Waals surface area contributed by atoms with E-state index in [0.29, 0.717) is 49.5 Å². The second-order valence-corrected chi connectivity index (χ2v) is 7.72. The molecule has 3 rings (SSSR count). The lowest BCUT2D eigenvalue weighted by Crippen LogP contribution is -2.43. The summed E-state index contributed by atoms with van der Waals surface area (Å²) in [7, 11) is 1.80. The fraction of sp³-hybridized carbons (Fsp3) is 0.632. The zero-order valence-electron chi connectivity index (χ0n) is 17.0.